The minimum absolute atomic E-state index is 0.104. The third kappa shape index (κ3) is 5.26. The van der Waals surface area contributed by atoms with E-state index >= 15 is 0 Å². The third-order valence-electron chi connectivity index (χ3n) is 4.70. The lowest BCUT2D eigenvalue weighted by atomic mass is 10.1. The molecular formula is C18H28N2O4S. The number of methoxy groups -OCH3 is 1. The Bertz CT molecular complexity index is 697. The van der Waals surface area contributed by atoms with Crippen LogP contribution >= 0.6 is 0 Å². The molecular weight excluding hydrogens is 340 g/mol. The molecule has 2 rings (SSSR count). The Hall–Kier alpha value is -1.44. The van der Waals surface area contributed by atoms with Gasteiger partial charge in [-0.15, -0.1) is 0 Å². The van der Waals surface area contributed by atoms with E-state index in [1.807, 2.05) is 6.92 Å². The molecule has 1 N–H and O–H groups in total. The number of ether oxygens (including phenoxy) is 1. The van der Waals surface area contributed by atoms with Gasteiger partial charge in [-0.05, 0) is 43.4 Å². The third-order valence-corrected chi connectivity index (χ3v) is 6.16. The number of nitrogens with zero attached hydrogens (tertiary/aromatic N) is 1. The number of hydrogen-bond acceptors (Lipinski definition) is 4. The standard InChI is InChI=1S/C18H28N2O4S/c1-14-8-9-16(25(22,23)19-10-11-24-3)12-17(14)18(21)20(2)13-15-6-4-5-7-15/h8-9,12,15,19H,4-7,10-11,13H2,1-3H3. The molecule has 1 aliphatic rings. The van der Waals surface area contributed by atoms with Gasteiger partial charge in [-0.25, -0.2) is 13.1 Å². The molecule has 0 heterocycles. The van der Waals surface area contributed by atoms with E-state index in [1.54, 1.807) is 18.0 Å². The van der Waals surface area contributed by atoms with Crippen molar-refractivity contribution in [1.82, 2.24) is 9.62 Å². The Morgan fingerprint density at radius 1 is 1.32 bits per heavy atom. The summed E-state index contributed by atoms with van der Waals surface area (Å²) in [7, 11) is -0.353. The molecule has 1 amide bonds. The number of sulfonamides is 1. The number of amides is 1. The highest BCUT2D eigenvalue weighted by Crippen LogP contribution is 2.26. The van der Waals surface area contributed by atoms with Gasteiger partial charge in [0.15, 0.2) is 0 Å². The Morgan fingerprint density at radius 3 is 2.64 bits per heavy atom. The van der Waals surface area contributed by atoms with Crippen LogP contribution in [0.5, 0.6) is 0 Å². The van der Waals surface area contributed by atoms with Crippen molar-refractivity contribution >= 4 is 15.9 Å². The van der Waals surface area contributed by atoms with Gasteiger partial charge in [-0.1, -0.05) is 18.9 Å². The van der Waals surface area contributed by atoms with E-state index in [1.165, 1.54) is 32.1 Å². The van der Waals surface area contributed by atoms with E-state index in [0.29, 0.717) is 18.1 Å². The van der Waals surface area contributed by atoms with Gasteiger partial charge < -0.3 is 9.64 Å². The summed E-state index contributed by atoms with van der Waals surface area (Å²) in [5.41, 5.74) is 1.22. The van der Waals surface area contributed by atoms with Crippen molar-refractivity contribution in [1.29, 1.82) is 0 Å². The molecule has 0 unspecified atom stereocenters. The first-order valence-electron chi connectivity index (χ1n) is 8.70. The summed E-state index contributed by atoms with van der Waals surface area (Å²) in [6.07, 6.45) is 4.78. The van der Waals surface area contributed by atoms with Crippen LogP contribution in [0.3, 0.4) is 0 Å². The maximum Gasteiger partial charge on any atom is 0.253 e. The predicted octanol–water partition coefficient (Wildman–Crippen LogP) is 2.18. The molecule has 25 heavy (non-hydrogen) atoms. The van der Waals surface area contributed by atoms with Crippen LogP contribution in [-0.2, 0) is 14.8 Å². The summed E-state index contributed by atoms with van der Waals surface area (Å²) < 4.78 is 32.0. The van der Waals surface area contributed by atoms with Gasteiger partial charge in [0, 0.05) is 32.8 Å². The molecule has 0 radical (unpaired) electrons. The van der Waals surface area contributed by atoms with Crippen molar-refractivity contribution in [2.24, 2.45) is 5.92 Å². The van der Waals surface area contributed by atoms with E-state index in [9.17, 15) is 13.2 Å². The molecule has 1 aromatic rings. The van der Waals surface area contributed by atoms with Crippen molar-refractivity contribution in [2.75, 3.05) is 33.9 Å². The van der Waals surface area contributed by atoms with Crippen molar-refractivity contribution < 1.29 is 17.9 Å². The molecule has 140 valence electrons. The number of rotatable bonds is 8. The number of carbonyl (C=O) groups is 1. The van der Waals surface area contributed by atoms with Crippen LogP contribution < -0.4 is 4.72 Å². The predicted molar refractivity (Wildman–Crippen MR) is 97.2 cm³/mol. The molecule has 1 saturated carbocycles. The molecule has 0 saturated heterocycles. The molecule has 6 nitrogen and oxygen atoms in total. The summed E-state index contributed by atoms with van der Waals surface area (Å²) in [5.74, 6) is 0.426. The van der Waals surface area contributed by atoms with Gasteiger partial charge in [0.2, 0.25) is 10.0 Å². The number of aryl methyl sites for hydroxylation is 1. The maximum absolute atomic E-state index is 12.8. The van der Waals surface area contributed by atoms with Gasteiger partial charge in [0.1, 0.15) is 0 Å². The second kappa shape index (κ2) is 8.78. The SMILES string of the molecule is COCCNS(=O)(=O)c1ccc(C)c(C(=O)N(C)CC2CCCC2)c1. The lowest BCUT2D eigenvalue weighted by molar-refractivity contribution is 0.0772. The van der Waals surface area contributed by atoms with Gasteiger partial charge in [-0.2, -0.15) is 0 Å². The maximum atomic E-state index is 12.8. The Kier molecular flexibility index (Phi) is 6.98. The highest BCUT2D eigenvalue weighted by atomic mass is 32.2. The first-order valence-corrected chi connectivity index (χ1v) is 10.2. The fourth-order valence-corrected chi connectivity index (χ4v) is 4.27. The van der Waals surface area contributed by atoms with Crippen LogP contribution in [0, 0.1) is 12.8 Å². The smallest absolute Gasteiger partial charge is 0.253 e. The van der Waals surface area contributed by atoms with Gasteiger partial charge in [0.05, 0.1) is 11.5 Å². The molecule has 0 aromatic heterocycles. The minimum atomic E-state index is -3.65. The summed E-state index contributed by atoms with van der Waals surface area (Å²) in [5, 5.41) is 0. The first-order chi connectivity index (χ1) is 11.8. The largest absolute Gasteiger partial charge is 0.383 e. The number of hydrogen-bond donors (Lipinski definition) is 1. The normalized spacial score (nSPS) is 15.5. The van der Waals surface area contributed by atoms with Crippen molar-refractivity contribution in [3.63, 3.8) is 0 Å². The lowest BCUT2D eigenvalue weighted by Crippen LogP contribution is -2.32. The molecule has 1 fully saturated rings. The minimum Gasteiger partial charge on any atom is -0.383 e. The summed E-state index contributed by atoms with van der Waals surface area (Å²) in [4.78, 5) is 14.6. The first kappa shape index (κ1) is 19.9. The van der Waals surface area contributed by atoms with Crippen LogP contribution in [0.4, 0.5) is 0 Å². The van der Waals surface area contributed by atoms with Crippen LogP contribution in [0.25, 0.3) is 0 Å². The molecule has 1 aliphatic carbocycles. The summed E-state index contributed by atoms with van der Waals surface area (Å²) in [6.45, 7) is 3.03. The van der Waals surface area contributed by atoms with E-state index in [4.69, 9.17) is 4.74 Å². The highest BCUT2D eigenvalue weighted by Gasteiger charge is 2.23. The van der Waals surface area contributed by atoms with Gasteiger partial charge >= 0.3 is 0 Å². The van der Waals surface area contributed by atoms with E-state index < -0.39 is 10.0 Å². The van der Waals surface area contributed by atoms with Gasteiger partial charge in [-0.3, -0.25) is 4.79 Å². The zero-order chi connectivity index (χ0) is 18.4. The van der Waals surface area contributed by atoms with Gasteiger partial charge in [0.25, 0.3) is 5.91 Å². The van der Waals surface area contributed by atoms with E-state index in [-0.39, 0.29) is 17.3 Å². The van der Waals surface area contributed by atoms with Crippen molar-refractivity contribution in [3.8, 4) is 0 Å². The molecule has 0 bridgehead atoms. The van der Waals surface area contributed by atoms with Crippen LogP contribution in [0.15, 0.2) is 23.1 Å². The average Bonchev–Trinajstić information content (AvgIpc) is 3.07. The van der Waals surface area contributed by atoms with Crippen LogP contribution in [0.2, 0.25) is 0 Å². The Morgan fingerprint density at radius 2 is 2.00 bits per heavy atom. The molecule has 0 atom stereocenters. The van der Waals surface area contributed by atoms with E-state index in [0.717, 1.165) is 24.9 Å². The Labute approximate surface area is 150 Å². The topological polar surface area (TPSA) is 75.7 Å². The monoisotopic (exact) mass is 368 g/mol. The summed E-state index contributed by atoms with van der Waals surface area (Å²) >= 11 is 0. The second-order valence-corrected chi connectivity index (χ2v) is 8.47. The van der Waals surface area contributed by atoms with Crippen molar-refractivity contribution in [2.45, 2.75) is 37.5 Å². The number of nitrogens with one attached hydrogen (secondary N) is 1. The fourth-order valence-electron chi connectivity index (χ4n) is 3.23. The second-order valence-electron chi connectivity index (χ2n) is 6.70. The zero-order valence-electron chi connectivity index (χ0n) is 15.2. The van der Waals surface area contributed by atoms with Crippen LogP contribution in [0.1, 0.15) is 41.6 Å². The molecule has 1 aromatic carbocycles. The zero-order valence-corrected chi connectivity index (χ0v) is 16.1. The lowest BCUT2D eigenvalue weighted by Gasteiger charge is -2.22. The van der Waals surface area contributed by atoms with E-state index in [2.05, 4.69) is 4.72 Å². The van der Waals surface area contributed by atoms with Crippen molar-refractivity contribution in [3.05, 3.63) is 29.3 Å². The average molecular weight is 368 g/mol. The fraction of sp³-hybridized carbons (Fsp3) is 0.611. The van der Waals surface area contributed by atoms with Crippen LogP contribution in [-0.4, -0.2) is 53.1 Å². The molecule has 7 heteroatoms. The molecule has 0 aliphatic heterocycles. The summed E-state index contributed by atoms with van der Waals surface area (Å²) in [6, 6.07) is 4.68. The Balaban J connectivity index is 2.15. The quantitative estimate of drug-likeness (QED) is 0.714. The molecule has 0 spiro atoms. The number of benzene rings is 1. The number of carbonyl (C=O) groups excluding carboxylic acids is 1. The highest BCUT2D eigenvalue weighted by molar-refractivity contribution is 7.89.